The maximum absolute atomic E-state index is 6.29. The van der Waals surface area contributed by atoms with E-state index >= 15 is 0 Å². The first-order chi connectivity index (χ1) is 13.7. The van der Waals surface area contributed by atoms with E-state index in [1.165, 1.54) is 6.33 Å². The second-order valence-corrected chi connectivity index (χ2v) is 6.89. The third-order valence-electron chi connectivity index (χ3n) is 4.12. The molecule has 2 aromatic rings. The molecular weight excluding hydrogens is 397 g/mol. The fraction of sp³-hybridized carbons (Fsp3) is 0.300. The maximum Gasteiger partial charge on any atom is 0.148 e. The lowest BCUT2D eigenvalue weighted by Gasteiger charge is -2.23. The van der Waals surface area contributed by atoms with Crippen molar-refractivity contribution >= 4 is 34.7 Å². The molecular formula is C20H23Cl2N5O. The number of halogens is 2. The van der Waals surface area contributed by atoms with E-state index in [9.17, 15) is 0 Å². The van der Waals surface area contributed by atoms with Crippen LogP contribution in [0.3, 0.4) is 0 Å². The van der Waals surface area contributed by atoms with Crippen LogP contribution in [-0.4, -0.2) is 29.7 Å². The van der Waals surface area contributed by atoms with Crippen LogP contribution in [0.5, 0.6) is 0 Å². The normalized spacial score (nSPS) is 17.2. The monoisotopic (exact) mass is 419 g/mol. The molecule has 0 aliphatic carbocycles. The number of allylic oxidation sites excluding steroid dienone is 1. The van der Waals surface area contributed by atoms with E-state index in [2.05, 4.69) is 26.8 Å². The average molecular weight is 420 g/mol. The molecule has 2 heterocycles. The molecule has 0 saturated heterocycles. The number of ether oxygens (including phenoxy) is 1. The Morgan fingerprint density at radius 1 is 1.21 bits per heavy atom. The summed E-state index contributed by atoms with van der Waals surface area (Å²) in [5.74, 6) is 1.46. The van der Waals surface area contributed by atoms with Crippen molar-refractivity contribution in [3.8, 4) is 0 Å². The van der Waals surface area contributed by atoms with Gasteiger partial charge in [-0.15, -0.1) is 0 Å². The number of anilines is 2. The zero-order valence-electron chi connectivity index (χ0n) is 15.7. The number of hydrogen-bond acceptors (Lipinski definition) is 6. The summed E-state index contributed by atoms with van der Waals surface area (Å²) < 4.78 is 5.89. The first-order valence-corrected chi connectivity index (χ1v) is 9.95. The Morgan fingerprint density at radius 3 is 2.82 bits per heavy atom. The van der Waals surface area contributed by atoms with Gasteiger partial charge in [-0.05, 0) is 49.3 Å². The Hall–Kier alpha value is -2.28. The lowest BCUT2D eigenvalue weighted by atomic mass is 10.3. The lowest BCUT2D eigenvalue weighted by Crippen LogP contribution is -2.34. The number of aryl methyl sites for hydroxylation is 1. The van der Waals surface area contributed by atoms with Gasteiger partial charge in [0, 0.05) is 17.8 Å². The molecule has 1 aliphatic heterocycles. The molecule has 2 N–H and O–H groups in total. The predicted octanol–water partition coefficient (Wildman–Crippen LogP) is 4.59. The highest BCUT2D eigenvalue weighted by Gasteiger charge is 2.08. The maximum atomic E-state index is 6.29. The Kier molecular flexibility index (Phi) is 7.54. The first kappa shape index (κ1) is 20.5. The predicted molar refractivity (Wildman–Crippen MR) is 115 cm³/mol. The zero-order chi connectivity index (χ0) is 19.8. The molecule has 0 bridgehead atoms. The fourth-order valence-electron chi connectivity index (χ4n) is 2.67. The second kappa shape index (κ2) is 10.3. The quantitative estimate of drug-likeness (QED) is 0.639. The molecule has 148 valence electrons. The van der Waals surface area contributed by atoms with E-state index < -0.39 is 0 Å². The number of benzene rings is 1. The zero-order valence-corrected chi connectivity index (χ0v) is 17.2. The summed E-state index contributed by atoms with van der Waals surface area (Å²) in [5.41, 5.74) is 5.19. The molecule has 1 aromatic heterocycles. The van der Waals surface area contributed by atoms with Crippen molar-refractivity contribution in [2.45, 2.75) is 19.8 Å². The number of hydrazine groups is 1. The minimum absolute atomic E-state index is 0.492. The molecule has 0 radical (unpaired) electrons. The standard InChI is InChI=1S/C20H23Cl2N5O/c1-2-18-19(22)20(25-14-24-18)23-11-13-28-17-4-3-10-26-27(12-9-17)16-7-5-15(21)6-8-16/h4-9,12,14,26H,2-3,10-11,13H2,1H3,(H,23,24,25)/b12-9-,17-4-. The summed E-state index contributed by atoms with van der Waals surface area (Å²) >= 11 is 12.3. The van der Waals surface area contributed by atoms with Crippen LogP contribution in [-0.2, 0) is 11.2 Å². The van der Waals surface area contributed by atoms with E-state index in [1.807, 2.05) is 48.5 Å². The van der Waals surface area contributed by atoms with Crippen molar-refractivity contribution in [3.63, 3.8) is 0 Å². The van der Waals surface area contributed by atoms with Crippen LogP contribution >= 0.6 is 23.2 Å². The highest BCUT2D eigenvalue weighted by atomic mass is 35.5. The van der Waals surface area contributed by atoms with Crippen molar-refractivity contribution in [2.75, 3.05) is 30.0 Å². The van der Waals surface area contributed by atoms with Gasteiger partial charge in [-0.2, -0.15) is 0 Å². The van der Waals surface area contributed by atoms with Crippen molar-refractivity contribution in [3.05, 3.63) is 70.4 Å². The summed E-state index contributed by atoms with van der Waals surface area (Å²) in [4.78, 5) is 8.35. The van der Waals surface area contributed by atoms with E-state index in [0.717, 1.165) is 36.5 Å². The highest BCUT2D eigenvalue weighted by Crippen LogP contribution is 2.22. The first-order valence-electron chi connectivity index (χ1n) is 9.20. The van der Waals surface area contributed by atoms with Crippen LogP contribution in [0.15, 0.2) is 54.7 Å². The van der Waals surface area contributed by atoms with Gasteiger partial charge in [-0.25, -0.2) is 15.4 Å². The molecule has 0 atom stereocenters. The van der Waals surface area contributed by atoms with E-state index in [4.69, 9.17) is 27.9 Å². The van der Waals surface area contributed by atoms with Crippen molar-refractivity contribution in [2.24, 2.45) is 0 Å². The molecule has 0 fully saturated rings. The third-order valence-corrected chi connectivity index (χ3v) is 4.77. The van der Waals surface area contributed by atoms with Gasteiger partial charge in [-0.1, -0.05) is 30.1 Å². The van der Waals surface area contributed by atoms with E-state index in [0.29, 0.717) is 29.0 Å². The van der Waals surface area contributed by atoms with Crippen LogP contribution < -0.4 is 15.8 Å². The van der Waals surface area contributed by atoms with E-state index in [-0.39, 0.29) is 0 Å². The van der Waals surface area contributed by atoms with Crippen LogP contribution in [0.4, 0.5) is 11.5 Å². The molecule has 0 spiro atoms. The smallest absolute Gasteiger partial charge is 0.148 e. The number of nitrogens with one attached hydrogen (secondary N) is 2. The van der Waals surface area contributed by atoms with Crippen molar-refractivity contribution in [1.29, 1.82) is 0 Å². The minimum atomic E-state index is 0.492. The minimum Gasteiger partial charge on any atom is -0.492 e. The topological polar surface area (TPSA) is 62.3 Å². The molecule has 0 amide bonds. The molecule has 8 heteroatoms. The summed E-state index contributed by atoms with van der Waals surface area (Å²) in [6.07, 6.45) is 9.09. The Bertz CT molecular complexity index is 839. The van der Waals surface area contributed by atoms with Gasteiger partial charge in [0.1, 0.15) is 29.5 Å². The average Bonchev–Trinajstić information content (AvgIpc) is 2.69. The molecule has 0 saturated carbocycles. The summed E-state index contributed by atoms with van der Waals surface area (Å²) in [6.45, 7) is 3.89. The number of nitrogens with zero attached hydrogens (tertiary/aromatic N) is 3. The van der Waals surface area contributed by atoms with Crippen molar-refractivity contribution in [1.82, 2.24) is 15.4 Å². The van der Waals surface area contributed by atoms with Gasteiger partial charge < -0.3 is 10.1 Å². The SMILES string of the molecule is CCc1ncnc(NCCOC2=C\CCNN(c3ccc(Cl)cc3)/C=C\2)c1Cl. The van der Waals surface area contributed by atoms with E-state index in [1.54, 1.807) is 0 Å². The number of hydrogen-bond donors (Lipinski definition) is 2. The number of aromatic nitrogens is 2. The van der Waals surface area contributed by atoms with Crippen LogP contribution in [0.25, 0.3) is 0 Å². The van der Waals surface area contributed by atoms with Gasteiger partial charge in [0.2, 0.25) is 0 Å². The second-order valence-electron chi connectivity index (χ2n) is 6.08. The van der Waals surface area contributed by atoms with Crippen LogP contribution in [0.2, 0.25) is 10.0 Å². The largest absolute Gasteiger partial charge is 0.492 e. The van der Waals surface area contributed by atoms with Crippen LogP contribution in [0.1, 0.15) is 19.0 Å². The van der Waals surface area contributed by atoms with Gasteiger partial charge in [-0.3, -0.25) is 5.01 Å². The molecule has 28 heavy (non-hydrogen) atoms. The van der Waals surface area contributed by atoms with Crippen molar-refractivity contribution < 1.29 is 4.74 Å². The third kappa shape index (κ3) is 5.61. The van der Waals surface area contributed by atoms with Gasteiger partial charge in [0.15, 0.2) is 0 Å². The summed E-state index contributed by atoms with van der Waals surface area (Å²) in [5, 5.41) is 6.44. The van der Waals surface area contributed by atoms with Gasteiger partial charge in [0.05, 0.1) is 17.9 Å². The fourth-order valence-corrected chi connectivity index (χ4v) is 3.09. The molecule has 6 nitrogen and oxygen atoms in total. The Labute approximate surface area is 175 Å². The molecule has 1 aliphatic rings. The highest BCUT2D eigenvalue weighted by molar-refractivity contribution is 6.33. The van der Waals surface area contributed by atoms with Gasteiger partial charge >= 0.3 is 0 Å². The molecule has 0 unspecified atom stereocenters. The lowest BCUT2D eigenvalue weighted by molar-refractivity contribution is 0.235. The Balaban J connectivity index is 1.53. The summed E-state index contributed by atoms with van der Waals surface area (Å²) in [7, 11) is 0. The summed E-state index contributed by atoms with van der Waals surface area (Å²) in [6, 6.07) is 7.66. The van der Waals surface area contributed by atoms with Gasteiger partial charge in [0.25, 0.3) is 0 Å². The molecule has 3 rings (SSSR count). The van der Waals surface area contributed by atoms with Crippen LogP contribution in [0, 0.1) is 0 Å². The number of rotatable bonds is 7. The molecule has 1 aromatic carbocycles. The Morgan fingerprint density at radius 2 is 2.04 bits per heavy atom.